The number of hydrogen-bond donors (Lipinski definition) is 0. The fraction of sp³-hybridized carbons (Fsp3) is 0.444. The Hall–Kier alpha value is -3.60. The summed E-state index contributed by atoms with van der Waals surface area (Å²) in [6.07, 6.45) is 12.5. The van der Waals surface area contributed by atoms with E-state index in [4.69, 9.17) is 14.2 Å². The third-order valence-corrected chi connectivity index (χ3v) is 7.32. The van der Waals surface area contributed by atoms with E-state index in [0.717, 1.165) is 29.7 Å². The van der Waals surface area contributed by atoms with Crippen LogP contribution in [0.15, 0.2) is 72.8 Å². The van der Waals surface area contributed by atoms with Crippen molar-refractivity contribution < 1.29 is 23.8 Å². The molecule has 3 rings (SSSR count). The molecule has 1 unspecified atom stereocenters. The fourth-order valence-corrected chi connectivity index (χ4v) is 4.39. The predicted molar refractivity (Wildman–Crippen MR) is 166 cm³/mol. The molecule has 0 heterocycles. The Morgan fingerprint density at radius 2 is 1.10 bits per heavy atom. The minimum absolute atomic E-state index is 0.308. The van der Waals surface area contributed by atoms with Crippen LogP contribution in [0.2, 0.25) is 0 Å². The van der Waals surface area contributed by atoms with Crippen LogP contribution in [0.4, 0.5) is 0 Å². The molecule has 0 aromatic heterocycles. The van der Waals surface area contributed by atoms with E-state index in [9.17, 15) is 9.59 Å². The zero-order valence-corrected chi connectivity index (χ0v) is 25.0. The third-order valence-electron chi connectivity index (χ3n) is 7.32. The highest BCUT2D eigenvalue weighted by atomic mass is 16.5. The van der Waals surface area contributed by atoms with Crippen LogP contribution in [0, 0.1) is 5.92 Å². The molecule has 0 saturated heterocycles. The van der Waals surface area contributed by atoms with Gasteiger partial charge in [-0.1, -0.05) is 103 Å². The van der Waals surface area contributed by atoms with Crippen LogP contribution in [-0.2, 0) is 4.74 Å². The van der Waals surface area contributed by atoms with Gasteiger partial charge in [-0.05, 0) is 72.0 Å². The van der Waals surface area contributed by atoms with Gasteiger partial charge in [0, 0.05) is 0 Å². The van der Waals surface area contributed by atoms with E-state index in [-0.39, 0.29) is 5.97 Å². The third kappa shape index (κ3) is 11.4. The minimum Gasteiger partial charge on any atom is -0.494 e. The standard InChI is InChI=1S/C36H46O5/c1-4-6-7-8-9-10-11-12-13-26-39-33-22-20-32(21-23-33)36(38)41-34-24-18-30(19-25-34)29-14-16-31(17-15-29)35(37)40-27-28(3)5-2/h14-25,28H,4-13,26-27H2,1-3H3. The van der Waals surface area contributed by atoms with Gasteiger partial charge in [0.25, 0.3) is 0 Å². The smallest absolute Gasteiger partial charge is 0.343 e. The van der Waals surface area contributed by atoms with Gasteiger partial charge < -0.3 is 14.2 Å². The Bertz CT molecular complexity index is 1170. The van der Waals surface area contributed by atoms with E-state index in [1.807, 2.05) is 36.4 Å². The summed E-state index contributed by atoms with van der Waals surface area (Å²) in [7, 11) is 0. The van der Waals surface area contributed by atoms with Crippen LogP contribution in [0.1, 0.15) is 106 Å². The average molecular weight is 559 g/mol. The highest BCUT2D eigenvalue weighted by Crippen LogP contribution is 2.24. The average Bonchev–Trinajstić information content (AvgIpc) is 3.01. The van der Waals surface area contributed by atoms with Crippen molar-refractivity contribution in [3.63, 3.8) is 0 Å². The Labute approximate surface area is 246 Å². The van der Waals surface area contributed by atoms with Crippen molar-refractivity contribution in [3.05, 3.63) is 83.9 Å². The number of carbonyl (C=O) groups excluding carboxylic acids is 2. The molecule has 0 N–H and O–H groups in total. The van der Waals surface area contributed by atoms with Crippen LogP contribution in [-0.4, -0.2) is 25.2 Å². The summed E-state index contributed by atoms with van der Waals surface area (Å²) in [6, 6.07) is 21.7. The Kier molecular flexibility index (Phi) is 14.0. The van der Waals surface area contributed by atoms with Crippen molar-refractivity contribution in [2.24, 2.45) is 5.92 Å². The van der Waals surface area contributed by atoms with Gasteiger partial charge in [-0.3, -0.25) is 0 Å². The van der Waals surface area contributed by atoms with Crippen LogP contribution >= 0.6 is 0 Å². The lowest BCUT2D eigenvalue weighted by molar-refractivity contribution is 0.0447. The van der Waals surface area contributed by atoms with Crippen molar-refractivity contribution in [3.8, 4) is 22.6 Å². The molecule has 0 spiro atoms. The van der Waals surface area contributed by atoms with Gasteiger partial charge in [-0.15, -0.1) is 0 Å². The molecule has 0 aliphatic rings. The molecule has 0 aliphatic heterocycles. The molecule has 3 aromatic carbocycles. The van der Waals surface area contributed by atoms with Gasteiger partial charge in [0.05, 0.1) is 24.3 Å². The van der Waals surface area contributed by atoms with E-state index < -0.39 is 5.97 Å². The highest BCUT2D eigenvalue weighted by Gasteiger charge is 2.11. The van der Waals surface area contributed by atoms with Gasteiger partial charge in [-0.25, -0.2) is 9.59 Å². The number of carbonyl (C=O) groups is 2. The predicted octanol–water partition coefficient (Wildman–Crippen LogP) is 9.69. The topological polar surface area (TPSA) is 61.8 Å². The molecule has 3 aromatic rings. The molecule has 1 atom stereocenters. The quantitative estimate of drug-likeness (QED) is 0.0883. The zero-order chi connectivity index (χ0) is 29.3. The minimum atomic E-state index is -0.413. The zero-order valence-electron chi connectivity index (χ0n) is 25.0. The molecule has 0 bridgehead atoms. The van der Waals surface area contributed by atoms with Crippen molar-refractivity contribution >= 4 is 11.9 Å². The van der Waals surface area contributed by atoms with Crippen molar-refractivity contribution in [2.75, 3.05) is 13.2 Å². The van der Waals surface area contributed by atoms with E-state index in [0.29, 0.717) is 36.0 Å². The molecule has 0 aliphatic carbocycles. The lowest BCUT2D eigenvalue weighted by Gasteiger charge is -2.10. The second-order valence-electron chi connectivity index (χ2n) is 10.8. The lowest BCUT2D eigenvalue weighted by atomic mass is 10.0. The maximum absolute atomic E-state index is 12.6. The maximum Gasteiger partial charge on any atom is 0.343 e. The highest BCUT2D eigenvalue weighted by molar-refractivity contribution is 5.91. The van der Waals surface area contributed by atoms with E-state index in [1.54, 1.807) is 36.4 Å². The van der Waals surface area contributed by atoms with Crippen LogP contribution in [0.5, 0.6) is 11.5 Å². The number of rotatable bonds is 18. The van der Waals surface area contributed by atoms with Gasteiger partial charge in [0.1, 0.15) is 11.5 Å². The molecule has 0 radical (unpaired) electrons. The Morgan fingerprint density at radius 1 is 0.610 bits per heavy atom. The molecule has 220 valence electrons. The Balaban J connectivity index is 1.39. The first-order chi connectivity index (χ1) is 20.0. The molecular weight excluding hydrogens is 512 g/mol. The second-order valence-corrected chi connectivity index (χ2v) is 10.8. The van der Waals surface area contributed by atoms with Gasteiger partial charge in [0.2, 0.25) is 0 Å². The van der Waals surface area contributed by atoms with Gasteiger partial charge >= 0.3 is 11.9 Å². The molecule has 5 nitrogen and oxygen atoms in total. The SMILES string of the molecule is CCCCCCCCCCCOc1ccc(C(=O)Oc2ccc(-c3ccc(C(=O)OCC(C)CC)cc3)cc2)cc1. The van der Waals surface area contributed by atoms with Gasteiger partial charge in [-0.2, -0.15) is 0 Å². The monoisotopic (exact) mass is 558 g/mol. The van der Waals surface area contributed by atoms with Crippen LogP contribution in [0.3, 0.4) is 0 Å². The molecule has 0 fully saturated rings. The first-order valence-electron chi connectivity index (χ1n) is 15.3. The fourth-order valence-electron chi connectivity index (χ4n) is 4.39. The van der Waals surface area contributed by atoms with Crippen molar-refractivity contribution in [1.82, 2.24) is 0 Å². The van der Waals surface area contributed by atoms with Gasteiger partial charge in [0.15, 0.2) is 0 Å². The van der Waals surface area contributed by atoms with Crippen LogP contribution in [0.25, 0.3) is 11.1 Å². The van der Waals surface area contributed by atoms with Crippen molar-refractivity contribution in [2.45, 2.75) is 85.0 Å². The van der Waals surface area contributed by atoms with E-state index in [1.165, 1.54) is 51.4 Å². The number of benzene rings is 3. The molecular formula is C36H46O5. The van der Waals surface area contributed by atoms with E-state index >= 15 is 0 Å². The summed E-state index contributed by atoms with van der Waals surface area (Å²) < 4.78 is 16.8. The first-order valence-corrected chi connectivity index (χ1v) is 15.3. The Morgan fingerprint density at radius 3 is 1.68 bits per heavy atom. The summed E-state index contributed by atoms with van der Waals surface area (Å²) in [5.41, 5.74) is 2.92. The normalized spacial score (nSPS) is 11.6. The first kappa shape index (κ1) is 31.9. The molecule has 5 heteroatoms. The summed E-state index contributed by atoms with van der Waals surface area (Å²) in [5.74, 6) is 0.856. The maximum atomic E-state index is 12.6. The largest absolute Gasteiger partial charge is 0.494 e. The number of unbranched alkanes of at least 4 members (excludes halogenated alkanes) is 8. The molecule has 0 amide bonds. The summed E-state index contributed by atoms with van der Waals surface area (Å²) in [4.78, 5) is 24.9. The summed E-state index contributed by atoms with van der Waals surface area (Å²) in [5, 5.41) is 0. The molecule has 41 heavy (non-hydrogen) atoms. The van der Waals surface area contributed by atoms with Crippen molar-refractivity contribution in [1.29, 1.82) is 0 Å². The molecule has 0 saturated carbocycles. The number of ether oxygens (including phenoxy) is 3. The second kappa shape index (κ2) is 18.0. The summed E-state index contributed by atoms with van der Waals surface area (Å²) in [6.45, 7) is 7.50. The number of esters is 2. The number of hydrogen-bond acceptors (Lipinski definition) is 5. The summed E-state index contributed by atoms with van der Waals surface area (Å²) >= 11 is 0. The van der Waals surface area contributed by atoms with Crippen LogP contribution < -0.4 is 9.47 Å². The van der Waals surface area contributed by atoms with E-state index in [2.05, 4.69) is 20.8 Å². The lowest BCUT2D eigenvalue weighted by Crippen LogP contribution is -2.11.